The van der Waals surface area contributed by atoms with Crippen LogP contribution in [0.2, 0.25) is 0 Å². The van der Waals surface area contributed by atoms with E-state index in [0.717, 1.165) is 18.4 Å². The third-order valence-electron chi connectivity index (χ3n) is 2.96. The highest BCUT2D eigenvalue weighted by molar-refractivity contribution is 6.14. The molecule has 0 fully saturated rings. The summed E-state index contributed by atoms with van der Waals surface area (Å²) >= 11 is 0. The molecule has 2 nitrogen and oxygen atoms in total. The molecule has 0 aromatic heterocycles. The van der Waals surface area contributed by atoms with E-state index in [-0.39, 0.29) is 5.57 Å². The lowest BCUT2D eigenvalue weighted by Gasteiger charge is -2.16. The maximum absolute atomic E-state index is 10.8. The van der Waals surface area contributed by atoms with Crippen LogP contribution in [0, 0.1) is 0 Å². The Morgan fingerprint density at radius 2 is 1.87 bits per heavy atom. The molecule has 0 amide bonds. The van der Waals surface area contributed by atoms with E-state index in [1.807, 2.05) is 18.2 Å². The summed E-state index contributed by atoms with van der Waals surface area (Å²) in [5, 5.41) is 8.84. The fourth-order valence-corrected chi connectivity index (χ4v) is 2.04. The van der Waals surface area contributed by atoms with Gasteiger partial charge in [0.25, 0.3) is 0 Å². The summed E-state index contributed by atoms with van der Waals surface area (Å²) in [6.07, 6.45) is 4.63. The number of hydrogen-bond donors (Lipinski definition) is 1. The molecule has 0 radical (unpaired) electrons. The van der Waals surface area contributed by atoms with Gasteiger partial charge in [0, 0.05) is 0 Å². The topological polar surface area (TPSA) is 37.3 Å². The monoisotopic (exact) mass is 202 g/mol. The van der Waals surface area contributed by atoms with Crippen LogP contribution < -0.4 is 0 Å². The van der Waals surface area contributed by atoms with Crippen molar-refractivity contribution in [3.05, 3.63) is 41.5 Å². The minimum absolute atomic E-state index is 0.184. The lowest BCUT2D eigenvalue weighted by molar-refractivity contribution is -0.130. The van der Waals surface area contributed by atoms with Crippen LogP contribution >= 0.6 is 0 Å². The van der Waals surface area contributed by atoms with E-state index in [2.05, 4.69) is 6.58 Å². The van der Waals surface area contributed by atoms with Crippen LogP contribution in [-0.4, -0.2) is 11.1 Å². The van der Waals surface area contributed by atoms with Crippen LogP contribution in [0.5, 0.6) is 0 Å². The van der Waals surface area contributed by atoms with Crippen LogP contribution in [0.1, 0.15) is 29.5 Å². The zero-order valence-corrected chi connectivity index (χ0v) is 8.62. The van der Waals surface area contributed by atoms with Crippen LogP contribution in [0.4, 0.5) is 0 Å². The number of aryl methyl sites for hydroxylation is 2. The first-order valence-corrected chi connectivity index (χ1v) is 5.23. The van der Waals surface area contributed by atoms with E-state index in [4.69, 9.17) is 5.11 Å². The van der Waals surface area contributed by atoms with Crippen LogP contribution in [0.25, 0.3) is 5.57 Å². The molecular weight excluding hydrogens is 188 g/mol. The van der Waals surface area contributed by atoms with Gasteiger partial charge < -0.3 is 5.11 Å². The van der Waals surface area contributed by atoms with Gasteiger partial charge in [0.2, 0.25) is 0 Å². The Balaban J connectivity index is 2.36. The number of fused-ring (bicyclic) bond motifs is 1. The van der Waals surface area contributed by atoms with Gasteiger partial charge in [-0.2, -0.15) is 0 Å². The Morgan fingerprint density at radius 1 is 1.20 bits per heavy atom. The molecule has 78 valence electrons. The van der Waals surface area contributed by atoms with Crippen molar-refractivity contribution in [2.75, 3.05) is 0 Å². The van der Waals surface area contributed by atoms with Crippen LogP contribution in [-0.2, 0) is 17.6 Å². The first kappa shape index (κ1) is 9.97. The standard InChI is InChI=1S/C13H14O2/c1-9(13(14)15)11-7-6-10-4-2-3-5-12(10)8-11/h6-8H,1-5H2,(H,14,15). The van der Waals surface area contributed by atoms with E-state index in [1.54, 1.807) is 0 Å². The molecule has 1 aliphatic carbocycles. The zero-order valence-electron chi connectivity index (χ0n) is 8.62. The molecule has 0 saturated carbocycles. The van der Waals surface area contributed by atoms with E-state index >= 15 is 0 Å². The largest absolute Gasteiger partial charge is 0.478 e. The second-order valence-electron chi connectivity index (χ2n) is 3.97. The number of carboxylic acid groups (broad SMARTS) is 1. The summed E-state index contributed by atoms with van der Waals surface area (Å²) in [6, 6.07) is 5.88. The lowest BCUT2D eigenvalue weighted by Crippen LogP contribution is -2.04. The van der Waals surface area contributed by atoms with Gasteiger partial charge in [0.15, 0.2) is 0 Å². The summed E-state index contributed by atoms with van der Waals surface area (Å²) in [7, 11) is 0. The Labute approximate surface area is 89.2 Å². The van der Waals surface area contributed by atoms with Crippen LogP contribution in [0.15, 0.2) is 24.8 Å². The molecule has 1 aliphatic rings. The Hall–Kier alpha value is -1.57. The second-order valence-corrected chi connectivity index (χ2v) is 3.97. The van der Waals surface area contributed by atoms with E-state index in [1.165, 1.54) is 24.0 Å². The minimum atomic E-state index is -0.939. The van der Waals surface area contributed by atoms with E-state index in [9.17, 15) is 4.79 Å². The highest BCUT2D eigenvalue weighted by Crippen LogP contribution is 2.24. The molecule has 0 heterocycles. The van der Waals surface area contributed by atoms with Gasteiger partial charge in [-0.1, -0.05) is 24.8 Å². The summed E-state index contributed by atoms with van der Waals surface area (Å²) in [6.45, 7) is 3.57. The summed E-state index contributed by atoms with van der Waals surface area (Å²) in [4.78, 5) is 10.8. The third-order valence-corrected chi connectivity index (χ3v) is 2.96. The Kier molecular flexibility index (Phi) is 2.58. The smallest absolute Gasteiger partial charge is 0.335 e. The van der Waals surface area contributed by atoms with Crippen LogP contribution in [0.3, 0.4) is 0 Å². The van der Waals surface area contributed by atoms with Crippen molar-refractivity contribution in [1.82, 2.24) is 0 Å². The Bertz CT molecular complexity index is 419. The fourth-order valence-electron chi connectivity index (χ4n) is 2.04. The lowest BCUT2D eigenvalue weighted by atomic mass is 9.89. The molecule has 0 bridgehead atoms. The van der Waals surface area contributed by atoms with Gasteiger partial charge in [0.05, 0.1) is 5.57 Å². The Morgan fingerprint density at radius 3 is 2.53 bits per heavy atom. The minimum Gasteiger partial charge on any atom is -0.478 e. The first-order valence-electron chi connectivity index (χ1n) is 5.23. The summed E-state index contributed by atoms with van der Waals surface area (Å²) < 4.78 is 0. The predicted octanol–water partition coefficient (Wildman–Crippen LogP) is 2.66. The molecule has 0 atom stereocenters. The maximum Gasteiger partial charge on any atom is 0.335 e. The van der Waals surface area contributed by atoms with E-state index in [0.29, 0.717) is 0 Å². The third kappa shape index (κ3) is 1.94. The molecule has 2 heteroatoms. The molecule has 1 N–H and O–H groups in total. The van der Waals surface area contributed by atoms with Gasteiger partial charge in [0.1, 0.15) is 0 Å². The van der Waals surface area contributed by atoms with Crippen molar-refractivity contribution in [3.8, 4) is 0 Å². The normalized spacial score (nSPS) is 14.4. The number of aliphatic carboxylic acids is 1. The zero-order chi connectivity index (χ0) is 10.8. The number of hydrogen-bond acceptors (Lipinski definition) is 1. The van der Waals surface area contributed by atoms with Gasteiger partial charge >= 0.3 is 5.97 Å². The molecule has 0 saturated heterocycles. The molecule has 0 unspecified atom stereocenters. The second kappa shape index (κ2) is 3.89. The van der Waals surface area contributed by atoms with E-state index < -0.39 is 5.97 Å². The van der Waals surface area contributed by atoms with Crippen molar-refractivity contribution < 1.29 is 9.90 Å². The average molecular weight is 202 g/mol. The molecular formula is C13H14O2. The van der Waals surface area contributed by atoms with Crippen molar-refractivity contribution in [2.45, 2.75) is 25.7 Å². The number of rotatable bonds is 2. The van der Waals surface area contributed by atoms with Gasteiger partial charge in [-0.15, -0.1) is 0 Å². The van der Waals surface area contributed by atoms with Crippen molar-refractivity contribution >= 4 is 11.5 Å². The van der Waals surface area contributed by atoms with Gasteiger partial charge in [-0.25, -0.2) is 4.79 Å². The van der Waals surface area contributed by atoms with Gasteiger partial charge in [-0.3, -0.25) is 0 Å². The molecule has 1 aromatic rings. The molecule has 0 aliphatic heterocycles. The number of benzene rings is 1. The molecule has 1 aromatic carbocycles. The number of carboxylic acids is 1. The summed E-state index contributed by atoms with van der Waals surface area (Å²) in [5.41, 5.74) is 3.58. The average Bonchev–Trinajstić information content (AvgIpc) is 2.27. The number of carbonyl (C=O) groups is 1. The first-order chi connectivity index (χ1) is 7.18. The maximum atomic E-state index is 10.8. The molecule has 2 rings (SSSR count). The van der Waals surface area contributed by atoms with Crippen molar-refractivity contribution in [3.63, 3.8) is 0 Å². The van der Waals surface area contributed by atoms with Crippen molar-refractivity contribution in [2.24, 2.45) is 0 Å². The highest BCUT2D eigenvalue weighted by atomic mass is 16.4. The summed E-state index contributed by atoms with van der Waals surface area (Å²) in [5.74, 6) is -0.939. The SMILES string of the molecule is C=C(C(=O)O)c1ccc2c(c1)CCCC2. The fraction of sp³-hybridized carbons (Fsp3) is 0.308. The highest BCUT2D eigenvalue weighted by Gasteiger charge is 2.12. The quantitative estimate of drug-likeness (QED) is 0.748. The van der Waals surface area contributed by atoms with Crippen molar-refractivity contribution in [1.29, 1.82) is 0 Å². The molecule has 15 heavy (non-hydrogen) atoms. The van der Waals surface area contributed by atoms with Gasteiger partial charge in [-0.05, 0) is 42.4 Å². The predicted molar refractivity (Wildman–Crippen MR) is 59.8 cm³/mol. The molecule has 0 spiro atoms.